The molecule has 0 atom stereocenters. The molecule has 0 fully saturated rings. The van der Waals surface area contributed by atoms with Crippen molar-refractivity contribution in [2.24, 2.45) is 0 Å². The minimum atomic E-state index is -1.87. The second-order valence-electron chi connectivity index (χ2n) is 2.81. The van der Waals surface area contributed by atoms with Crippen LogP contribution >= 0.6 is 0 Å². The monoisotopic (exact) mass is 184 g/mol. The number of aryl methyl sites for hydroxylation is 2. The molecule has 0 saturated heterocycles. The van der Waals surface area contributed by atoms with Crippen LogP contribution in [0.2, 0.25) is 0 Å². The third-order valence-electron chi connectivity index (χ3n) is 1.69. The van der Waals surface area contributed by atoms with Crippen LogP contribution in [0.4, 0.5) is 4.39 Å². The minimum Gasteiger partial charge on any atom is -0.512 e. The molecule has 0 aliphatic carbocycles. The lowest BCUT2D eigenvalue weighted by molar-refractivity contribution is 0.287. The lowest BCUT2D eigenvalue weighted by atomic mass is 10.1. The summed E-state index contributed by atoms with van der Waals surface area (Å²) in [5.74, 6) is -0.0637. The van der Waals surface area contributed by atoms with Crippen LogP contribution in [0.15, 0.2) is 12.1 Å². The van der Waals surface area contributed by atoms with Gasteiger partial charge in [0, 0.05) is 0 Å². The van der Waals surface area contributed by atoms with E-state index in [0.29, 0.717) is 11.1 Å². The normalized spacial score (nSPS) is 9.92. The lowest BCUT2D eigenvalue weighted by Gasteiger charge is -2.09. The standard InChI is InChI=1S/C8H10BFO3/c1-5-4-8(13-9(11)12)6(2)3-7(5)10/h3-4,11-12H,1-2H3. The Labute approximate surface area is 76.0 Å². The summed E-state index contributed by atoms with van der Waals surface area (Å²) >= 11 is 0. The molecule has 1 aromatic rings. The fourth-order valence-electron chi connectivity index (χ4n) is 0.995. The second kappa shape index (κ2) is 3.76. The van der Waals surface area contributed by atoms with Crippen LogP contribution in [0.3, 0.4) is 0 Å². The van der Waals surface area contributed by atoms with Crippen LogP contribution in [0, 0.1) is 19.7 Å². The first-order valence-electron chi connectivity index (χ1n) is 3.80. The molecular formula is C8H10BFO3. The highest BCUT2D eigenvalue weighted by molar-refractivity contribution is 6.33. The molecule has 0 radical (unpaired) electrons. The van der Waals surface area contributed by atoms with Crippen LogP contribution in [0.1, 0.15) is 11.1 Å². The quantitative estimate of drug-likeness (QED) is 0.668. The van der Waals surface area contributed by atoms with Gasteiger partial charge in [0.15, 0.2) is 0 Å². The van der Waals surface area contributed by atoms with Crippen LogP contribution in [-0.4, -0.2) is 17.4 Å². The first-order valence-corrected chi connectivity index (χ1v) is 3.80. The third-order valence-corrected chi connectivity index (χ3v) is 1.69. The maximum atomic E-state index is 12.9. The van der Waals surface area contributed by atoms with Crippen molar-refractivity contribution >= 4 is 7.32 Å². The van der Waals surface area contributed by atoms with Crippen molar-refractivity contribution in [2.45, 2.75) is 13.8 Å². The molecule has 0 aliphatic heterocycles. The molecule has 0 amide bonds. The Morgan fingerprint density at radius 1 is 1.23 bits per heavy atom. The molecule has 5 heteroatoms. The van der Waals surface area contributed by atoms with Crippen LogP contribution in [0.25, 0.3) is 0 Å². The van der Waals surface area contributed by atoms with E-state index >= 15 is 0 Å². The maximum Gasteiger partial charge on any atom is 0.707 e. The van der Waals surface area contributed by atoms with Gasteiger partial charge < -0.3 is 14.7 Å². The van der Waals surface area contributed by atoms with Crippen molar-refractivity contribution in [3.05, 3.63) is 29.1 Å². The highest BCUT2D eigenvalue weighted by atomic mass is 19.1. The van der Waals surface area contributed by atoms with E-state index < -0.39 is 7.32 Å². The van der Waals surface area contributed by atoms with E-state index in [4.69, 9.17) is 10.0 Å². The molecule has 2 N–H and O–H groups in total. The first-order chi connectivity index (χ1) is 6.00. The molecule has 1 rings (SSSR count). The Balaban J connectivity index is 3.01. The van der Waals surface area contributed by atoms with Gasteiger partial charge in [-0.15, -0.1) is 0 Å². The molecule has 0 aromatic heterocycles. The summed E-state index contributed by atoms with van der Waals surface area (Å²) in [5.41, 5.74) is 0.928. The van der Waals surface area contributed by atoms with E-state index in [0.717, 1.165) is 0 Å². The molecule has 0 spiro atoms. The summed E-state index contributed by atoms with van der Waals surface area (Å²) < 4.78 is 17.5. The molecule has 0 unspecified atom stereocenters. The van der Waals surface area contributed by atoms with Gasteiger partial charge in [0.1, 0.15) is 11.6 Å². The summed E-state index contributed by atoms with van der Waals surface area (Å²) in [6, 6.07) is 2.71. The van der Waals surface area contributed by atoms with Crippen molar-refractivity contribution in [1.82, 2.24) is 0 Å². The van der Waals surface area contributed by atoms with Gasteiger partial charge in [0.25, 0.3) is 0 Å². The van der Waals surface area contributed by atoms with Gasteiger partial charge in [-0.2, -0.15) is 0 Å². The molecule has 0 heterocycles. The largest absolute Gasteiger partial charge is 0.707 e. The molecule has 0 saturated carbocycles. The Bertz CT molecular complexity index is 315. The highest BCUT2D eigenvalue weighted by Gasteiger charge is 2.14. The number of hydrogen-bond donors (Lipinski definition) is 2. The van der Waals surface area contributed by atoms with Gasteiger partial charge in [-0.1, -0.05) is 0 Å². The second-order valence-corrected chi connectivity index (χ2v) is 2.81. The molecule has 0 bridgehead atoms. The maximum absolute atomic E-state index is 12.9. The molecule has 1 aromatic carbocycles. The third kappa shape index (κ3) is 2.43. The average molecular weight is 184 g/mol. The summed E-state index contributed by atoms with van der Waals surface area (Å²) in [6.45, 7) is 3.20. The smallest absolute Gasteiger partial charge is 0.512 e. The predicted octanol–water partition coefficient (Wildman–Crippen LogP) is 0.791. The van der Waals surface area contributed by atoms with E-state index in [1.807, 2.05) is 0 Å². The average Bonchev–Trinajstić information content (AvgIpc) is 1.99. The van der Waals surface area contributed by atoms with Crippen LogP contribution in [0.5, 0.6) is 5.75 Å². The zero-order valence-corrected chi connectivity index (χ0v) is 7.41. The van der Waals surface area contributed by atoms with Crippen molar-refractivity contribution in [3.63, 3.8) is 0 Å². The summed E-state index contributed by atoms with van der Waals surface area (Å²) in [4.78, 5) is 0. The fraction of sp³-hybridized carbons (Fsp3) is 0.250. The summed E-state index contributed by atoms with van der Waals surface area (Å²) in [6.07, 6.45) is 0. The topological polar surface area (TPSA) is 49.7 Å². The molecule has 70 valence electrons. The number of hydrogen-bond acceptors (Lipinski definition) is 3. The Morgan fingerprint density at radius 2 is 1.85 bits per heavy atom. The molecular weight excluding hydrogens is 174 g/mol. The highest BCUT2D eigenvalue weighted by Crippen LogP contribution is 2.21. The van der Waals surface area contributed by atoms with Crippen LogP contribution in [-0.2, 0) is 0 Å². The summed E-state index contributed by atoms with van der Waals surface area (Å²) in [7, 11) is -1.87. The Kier molecular flexibility index (Phi) is 2.90. The van der Waals surface area contributed by atoms with Crippen molar-refractivity contribution in [1.29, 1.82) is 0 Å². The molecule has 3 nitrogen and oxygen atoms in total. The Hall–Kier alpha value is -1.07. The van der Waals surface area contributed by atoms with E-state index in [1.165, 1.54) is 12.1 Å². The zero-order valence-electron chi connectivity index (χ0n) is 7.41. The van der Waals surface area contributed by atoms with Gasteiger partial charge in [0.2, 0.25) is 0 Å². The fourth-order valence-corrected chi connectivity index (χ4v) is 0.995. The van der Waals surface area contributed by atoms with E-state index in [9.17, 15) is 4.39 Å². The number of halogens is 1. The van der Waals surface area contributed by atoms with E-state index in [1.54, 1.807) is 13.8 Å². The van der Waals surface area contributed by atoms with Gasteiger partial charge in [-0.05, 0) is 37.1 Å². The SMILES string of the molecule is Cc1cc(OB(O)O)c(C)cc1F. The van der Waals surface area contributed by atoms with Crippen molar-refractivity contribution < 1.29 is 19.1 Å². The van der Waals surface area contributed by atoms with E-state index in [-0.39, 0.29) is 11.6 Å². The van der Waals surface area contributed by atoms with Crippen molar-refractivity contribution in [2.75, 3.05) is 0 Å². The van der Waals surface area contributed by atoms with Gasteiger partial charge in [0.05, 0.1) is 0 Å². The van der Waals surface area contributed by atoms with Gasteiger partial charge in [-0.3, -0.25) is 0 Å². The Morgan fingerprint density at radius 3 is 2.38 bits per heavy atom. The zero-order chi connectivity index (χ0) is 10.0. The minimum absolute atomic E-state index is 0.272. The summed E-state index contributed by atoms with van der Waals surface area (Å²) in [5, 5.41) is 17.1. The van der Waals surface area contributed by atoms with E-state index in [2.05, 4.69) is 4.65 Å². The van der Waals surface area contributed by atoms with Crippen LogP contribution < -0.4 is 4.65 Å². The predicted molar refractivity (Wildman–Crippen MR) is 46.7 cm³/mol. The van der Waals surface area contributed by atoms with Crippen molar-refractivity contribution in [3.8, 4) is 5.75 Å². The first kappa shape index (κ1) is 10.0. The molecule has 0 aliphatic rings. The van der Waals surface area contributed by atoms with Gasteiger partial charge in [-0.25, -0.2) is 4.39 Å². The lowest BCUT2D eigenvalue weighted by Crippen LogP contribution is -2.21. The number of rotatable bonds is 2. The van der Waals surface area contributed by atoms with Gasteiger partial charge >= 0.3 is 7.32 Å². The number of benzene rings is 1. The molecule has 13 heavy (non-hydrogen) atoms.